The highest BCUT2D eigenvalue weighted by atomic mass is 19.1. The van der Waals surface area contributed by atoms with Crippen molar-refractivity contribution in [1.82, 2.24) is 19.9 Å². The predicted octanol–water partition coefficient (Wildman–Crippen LogP) is 5.61. The summed E-state index contributed by atoms with van der Waals surface area (Å²) in [6.45, 7) is 1.90. The number of nitrogens with one attached hydrogen (secondary N) is 1. The zero-order chi connectivity index (χ0) is 21.9. The molecule has 0 spiro atoms. The minimum Gasteiger partial charge on any atom is -0.439 e. The van der Waals surface area contributed by atoms with Gasteiger partial charge in [-0.25, -0.2) is 18.7 Å². The third kappa shape index (κ3) is 4.24. The Balaban J connectivity index is 1.57. The molecule has 0 aliphatic carbocycles. The van der Waals surface area contributed by atoms with Crippen molar-refractivity contribution < 1.29 is 13.5 Å². The van der Waals surface area contributed by atoms with Crippen molar-refractivity contribution in [3.63, 3.8) is 0 Å². The lowest BCUT2D eigenvalue weighted by molar-refractivity contribution is 0.370. The summed E-state index contributed by atoms with van der Waals surface area (Å²) in [5, 5.41) is 3.40. The molecular formula is C25H22F2N4O. The smallest absolute Gasteiger partial charge is 0.219 e. The molecule has 0 unspecified atom stereocenters. The molecule has 5 rings (SSSR count). The Kier molecular flexibility index (Phi) is 5.64. The predicted molar refractivity (Wildman–Crippen MR) is 118 cm³/mol. The van der Waals surface area contributed by atoms with E-state index in [1.54, 1.807) is 30.5 Å². The first-order valence-corrected chi connectivity index (χ1v) is 10.6. The van der Waals surface area contributed by atoms with E-state index in [1.165, 1.54) is 24.3 Å². The number of rotatable bonds is 5. The number of piperidine rings is 1. The first-order chi connectivity index (χ1) is 15.7. The van der Waals surface area contributed by atoms with Gasteiger partial charge in [-0.05, 0) is 80.5 Å². The van der Waals surface area contributed by atoms with Gasteiger partial charge in [-0.1, -0.05) is 0 Å². The number of imidazole rings is 1. The third-order valence-corrected chi connectivity index (χ3v) is 5.66. The maximum Gasteiger partial charge on any atom is 0.219 e. The molecule has 1 saturated heterocycles. The highest BCUT2D eigenvalue weighted by molar-refractivity contribution is 5.79. The topological polar surface area (TPSA) is 52.0 Å². The van der Waals surface area contributed by atoms with Gasteiger partial charge in [0, 0.05) is 29.4 Å². The van der Waals surface area contributed by atoms with E-state index in [4.69, 9.17) is 9.72 Å². The van der Waals surface area contributed by atoms with Gasteiger partial charge in [0.1, 0.15) is 17.4 Å². The van der Waals surface area contributed by atoms with Gasteiger partial charge in [-0.15, -0.1) is 0 Å². The Labute approximate surface area is 184 Å². The maximum atomic E-state index is 13.5. The average molecular weight is 432 g/mol. The zero-order valence-corrected chi connectivity index (χ0v) is 17.3. The number of ether oxygens (including phenoxy) is 1. The van der Waals surface area contributed by atoms with E-state index >= 15 is 0 Å². The van der Waals surface area contributed by atoms with Crippen LogP contribution in [0.3, 0.4) is 0 Å². The maximum absolute atomic E-state index is 13.5. The molecule has 4 aromatic rings. The number of pyridine rings is 1. The third-order valence-electron chi connectivity index (χ3n) is 5.66. The summed E-state index contributed by atoms with van der Waals surface area (Å²) in [5.41, 5.74) is 3.46. The van der Waals surface area contributed by atoms with Crippen LogP contribution in [0.5, 0.6) is 11.6 Å². The van der Waals surface area contributed by atoms with Crippen LogP contribution in [0, 0.1) is 11.6 Å². The van der Waals surface area contributed by atoms with Crippen molar-refractivity contribution >= 4 is 0 Å². The average Bonchev–Trinajstić information content (AvgIpc) is 3.27. The molecule has 2 aromatic heterocycles. The number of halogens is 2. The number of aromatic nitrogens is 3. The summed E-state index contributed by atoms with van der Waals surface area (Å²) in [5.74, 6) is 0.291. The van der Waals surface area contributed by atoms with Crippen molar-refractivity contribution in [2.75, 3.05) is 13.1 Å². The fourth-order valence-corrected chi connectivity index (χ4v) is 4.06. The van der Waals surface area contributed by atoms with Crippen LogP contribution in [0.1, 0.15) is 18.9 Å². The molecule has 7 heteroatoms. The lowest BCUT2D eigenvalue weighted by atomic mass is 10.0. The lowest BCUT2D eigenvalue weighted by Gasteiger charge is -2.26. The highest BCUT2D eigenvalue weighted by Gasteiger charge is 2.23. The summed E-state index contributed by atoms with van der Waals surface area (Å²) in [6, 6.07) is 16.3. The van der Waals surface area contributed by atoms with Crippen LogP contribution in [0.2, 0.25) is 0 Å². The molecule has 5 nitrogen and oxygen atoms in total. The summed E-state index contributed by atoms with van der Waals surface area (Å²) in [6.07, 6.45) is 5.54. The van der Waals surface area contributed by atoms with E-state index in [2.05, 4.69) is 14.9 Å². The molecule has 0 bridgehead atoms. The second-order valence-corrected chi connectivity index (χ2v) is 7.78. The molecule has 162 valence electrons. The Morgan fingerprint density at radius 3 is 2.25 bits per heavy atom. The highest BCUT2D eigenvalue weighted by Crippen LogP contribution is 2.36. The van der Waals surface area contributed by atoms with Gasteiger partial charge in [0.05, 0.1) is 17.7 Å². The van der Waals surface area contributed by atoms with E-state index in [0.717, 1.165) is 48.4 Å². The first kappa shape index (κ1) is 20.3. The molecule has 0 atom stereocenters. The van der Waals surface area contributed by atoms with Crippen LogP contribution in [0.4, 0.5) is 8.78 Å². The van der Waals surface area contributed by atoms with E-state index in [9.17, 15) is 8.78 Å². The summed E-state index contributed by atoms with van der Waals surface area (Å²) < 4.78 is 34.8. The standard InChI is InChI=1S/C25H22F2N4O/c26-19-3-1-17(2-4-19)24-25(31(16-30-24)21-10-12-28-13-11-21)18-9-14-29-23(15-18)32-22-7-5-20(27)6-8-22/h1-9,14-16,21,28H,10-13H2. The van der Waals surface area contributed by atoms with Crippen molar-refractivity contribution in [2.24, 2.45) is 0 Å². The largest absolute Gasteiger partial charge is 0.439 e. The molecule has 32 heavy (non-hydrogen) atoms. The zero-order valence-electron chi connectivity index (χ0n) is 17.3. The molecule has 0 amide bonds. The molecular weight excluding hydrogens is 410 g/mol. The van der Waals surface area contributed by atoms with E-state index < -0.39 is 0 Å². The van der Waals surface area contributed by atoms with Crippen molar-refractivity contribution in [2.45, 2.75) is 18.9 Å². The van der Waals surface area contributed by atoms with Gasteiger partial charge in [0.25, 0.3) is 0 Å². The molecule has 2 aromatic carbocycles. The van der Waals surface area contributed by atoms with Crippen LogP contribution in [0.25, 0.3) is 22.5 Å². The molecule has 0 saturated carbocycles. The fourth-order valence-electron chi connectivity index (χ4n) is 4.06. The Bertz CT molecular complexity index is 1200. The molecule has 1 aliphatic heterocycles. The number of hydrogen-bond donors (Lipinski definition) is 1. The lowest BCUT2D eigenvalue weighted by Crippen LogP contribution is -2.29. The number of nitrogens with zero attached hydrogens (tertiary/aromatic N) is 3. The molecule has 1 fully saturated rings. The fraction of sp³-hybridized carbons (Fsp3) is 0.200. The van der Waals surface area contributed by atoms with Gasteiger partial charge < -0.3 is 14.6 Å². The summed E-state index contributed by atoms with van der Waals surface area (Å²) >= 11 is 0. The van der Waals surface area contributed by atoms with Crippen LogP contribution in [0.15, 0.2) is 73.2 Å². The van der Waals surface area contributed by atoms with Crippen LogP contribution in [-0.2, 0) is 0 Å². The summed E-state index contributed by atoms with van der Waals surface area (Å²) in [4.78, 5) is 9.03. The minimum absolute atomic E-state index is 0.285. The van der Waals surface area contributed by atoms with Crippen LogP contribution in [-0.4, -0.2) is 27.6 Å². The van der Waals surface area contributed by atoms with Gasteiger partial charge in [0.2, 0.25) is 5.88 Å². The van der Waals surface area contributed by atoms with Gasteiger partial charge in [0.15, 0.2) is 0 Å². The Hall–Kier alpha value is -3.58. The van der Waals surface area contributed by atoms with Crippen molar-refractivity contribution in [3.05, 3.63) is 84.8 Å². The van der Waals surface area contributed by atoms with Gasteiger partial charge in [-0.3, -0.25) is 0 Å². The van der Waals surface area contributed by atoms with Crippen LogP contribution < -0.4 is 10.1 Å². The second kappa shape index (κ2) is 8.88. The monoisotopic (exact) mass is 432 g/mol. The van der Waals surface area contributed by atoms with Crippen molar-refractivity contribution in [1.29, 1.82) is 0 Å². The first-order valence-electron chi connectivity index (χ1n) is 10.6. The van der Waals surface area contributed by atoms with E-state index in [0.29, 0.717) is 17.7 Å². The molecule has 1 aliphatic rings. The molecule has 1 N–H and O–H groups in total. The van der Waals surface area contributed by atoms with E-state index in [-0.39, 0.29) is 11.6 Å². The Morgan fingerprint density at radius 1 is 0.844 bits per heavy atom. The normalized spacial score (nSPS) is 14.4. The SMILES string of the molecule is Fc1ccc(Oc2cc(-c3c(-c4ccc(F)cc4)ncn3C3CCNCC3)ccn2)cc1. The van der Waals surface area contributed by atoms with Gasteiger partial charge >= 0.3 is 0 Å². The number of benzene rings is 2. The second-order valence-electron chi connectivity index (χ2n) is 7.78. The minimum atomic E-state index is -0.325. The number of hydrogen-bond acceptors (Lipinski definition) is 4. The van der Waals surface area contributed by atoms with Crippen molar-refractivity contribution in [3.8, 4) is 34.1 Å². The quantitative estimate of drug-likeness (QED) is 0.446. The molecule has 0 radical (unpaired) electrons. The Morgan fingerprint density at radius 2 is 1.53 bits per heavy atom. The summed E-state index contributed by atoms with van der Waals surface area (Å²) in [7, 11) is 0. The molecule has 3 heterocycles. The van der Waals surface area contributed by atoms with Gasteiger partial charge in [-0.2, -0.15) is 0 Å². The van der Waals surface area contributed by atoms with Crippen LogP contribution >= 0.6 is 0 Å². The van der Waals surface area contributed by atoms with E-state index in [1.807, 2.05) is 18.5 Å².